The highest BCUT2D eigenvalue weighted by Crippen LogP contribution is 2.25. The minimum Gasteiger partial charge on any atom is -0.338 e. The first-order valence-electron chi connectivity index (χ1n) is 9.45. The first-order valence-corrected chi connectivity index (χ1v) is 11.0. The fourth-order valence-corrected chi connectivity index (χ4v) is 4.25. The minimum atomic E-state index is -0.0664. The smallest absolute Gasteiger partial charge is 0.241 e. The Hall–Kier alpha value is -2.03. The van der Waals surface area contributed by atoms with E-state index in [1.54, 1.807) is 0 Å². The molecule has 1 aliphatic heterocycles. The summed E-state index contributed by atoms with van der Waals surface area (Å²) in [5, 5.41) is 7.12. The summed E-state index contributed by atoms with van der Waals surface area (Å²) in [7, 11) is 0. The summed E-state index contributed by atoms with van der Waals surface area (Å²) in [6.45, 7) is 2.12. The number of aromatic nitrogens is 2. The van der Waals surface area contributed by atoms with E-state index in [0.29, 0.717) is 24.8 Å². The Labute approximate surface area is 185 Å². The molecule has 1 N–H and O–H groups in total. The molecule has 0 radical (unpaired) electrons. The number of anilines is 1. The van der Waals surface area contributed by atoms with Crippen molar-refractivity contribution in [3.8, 4) is 11.4 Å². The van der Waals surface area contributed by atoms with Gasteiger partial charge in [0.05, 0.1) is 18.2 Å². The van der Waals surface area contributed by atoms with Gasteiger partial charge in [0.15, 0.2) is 0 Å². The molecule has 1 fully saturated rings. The molecule has 0 spiro atoms. The van der Waals surface area contributed by atoms with E-state index in [9.17, 15) is 4.79 Å². The van der Waals surface area contributed by atoms with Gasteiger partial charge in [-0.05, 0) is 59.6 Å². The maximum Gasteiger partial charge on any atom is 0.241 e. The predicted molar refractivity (Wildman–Crippen MR) is 118 cm³/mol. The zero-order chi connectivity index (χ0) is 20.2. The fraction of sp³-hybridized carbons (Fsp3) is 0.286. The number of halogens is 2. The second-order valence-corrected chi connectivity index (χ2v) is 8.84. The third kappa shape index (κ3) is 5.12. The van der Waals surface area contributed by atoms with Crippen LogP contribution < -0.4 is 5.32 Å². The van der Waals surface area contributed by atoms with Crippen LogP contribution in [0.25, 0.3) is 11.4 Å². The number of nitrogens with one attached hydrogen (secondary N) is 1. The van der Waals surface area contributed by atoms with Crippen molar-refractivity contribution in [1.82, 2.24) is 15.0 Å². The van der Waals surface area contributed by atoms with Gasteiger partial charge in [-0.1, -0.05) is 45.4 Å². The Balaban J connectivity index is 1.38. The van der Waals surface area contributed by atoms with Crippen molar-refractivity contribution in [2.24, 2.45) is 5.92 Å². The first-order chi connectivity index (χ1) is 14.1. The van der Waals surface area contributed by atoms with Crippen molar-refractivity contribution in [3.05, 3.63) is 63.4 Å². The van der Waals surface area contributed by atoms with Gasteiger partial charge >= 0.3 is 0 Å². The molecule has 150 valence electrons. The normalized spacial score (nSPS) is 17.2. The van der Waals surface area contributed by atoms with Crippen LogP contribution in [-0.2, 0) is 11.3 Å². The largest absolute Gasteiger partial charge is 0.338 e. The van der Waals surface area contributed by atoms with Crippen LogP contribution >= 0.6 is 31.9 Å². The minimum absolute atomic E-state index is 0.0435. The molecule has 0 aliphatic carbocycles. The second kappa shape index (κ2) is 9.19. The first kappa shape index (κ1) is 20.3. The number of hydrogen-bond donors (Lipinski definition) is 1. The SMILES string of the molecule is O=C(Nc1ccccc1Br)C1CCCN(Cc2nc(-c3cccc(Br)c3)no2)C1. The lowest BCUT2D eigenvalue weighted by Crippen LogP contribution is -2.40. The van der Waals surface area contributed by atoms with Crippen molar-refractivity contribution in [3.63, 3.8) is 0 Å². The van der Waals surface area contributed by atoms with Crippen LogP contribution in [0.2, 0.25) is 0 Å². The topological polar surface area (TPSA) is 71.3 Å². The van der Waals surface area contributed by atoms with Gasteiger partial charge in [0.1, 0.15) is 0 Å². The number of likely N-dealkylation sites (tertiary alicyclic amines) is 1. The molecule has 3 aromatic rings. The summed E-state index contributed by atoms with van der Waals surface area (Å²) in [6, 6.07) is 15.4. The summed E-state index contributed by atoms with van der Waals surface area (Å²) in [5.41, 5.74) is 1.70. The van der Waals surface area contributed by atoms with Crippen molar-refractivity contribution in [2.75, 3.05) is 18.4 Å². The van der Waals surface area contributed by atoms with Gasteiger partial charge in [-0.3, -0.25) is 9.69 Å². The van der Waals surface area contributed by atoms with Crippen LogP contribution in [0.1, 0.15) is 18.7 Å². The zero-order valence-electron chi connectivity index (χ0n) is 15.6. The molecule has 2 heterocycles. The van der Waals surface area contributed by atoms with Crippen LogP contribution in [-0.4, -0.2) is 34.0 Å². The Bertz CT molecular complexity index is 1010. The predicted octanol–water partition coefficient (Wildman–Crippen LogP) is 5.11. The molecule has 29 heavy (non-hydrogen) atoms. The Morgan fingerprint density at radius 1 is 1.21 bits per heavy atom. The van der Waals surface area contributed by atoms with E-state index >= 15 is 0 Å². The Morgan fingerprint density at radius 3 is 2.90 bits per heavy atom. The van der Waals surface area contributed by atoms with Crippen molar-refractivity contribution in [2.45, 2.75) is 19.4 Å². The van der Waals surface area contributed by atoms with E-state index in [-0.39, 0.29) is 11.8 Å². The molecule has 1 aliphatic rings. The van der Waals surface area contributed by atoms with Gasteiger partial charge in [0.25, 0.3) is 0 Å². The van der Waals surface area contributed by atoms with Gasteiger partial charge in [-0.2, -0.15) is 4.98 Å². The summed E-state index contributed by atoms with van der Waals surface area (Å²) in [6.07, 6.45) is 1.83. The van der Waals surface area contributed by atoms with Crippen molar-refractivity contribution < 1.29 is 9.32 Å². The molecule has 1 amide bonds. The lowest BCUT2D eigenvalue weighted by molar-refractivity contribution is -0.121. The summed E-state index contributed by atoms with van der Waals surface area (Å²) in [5.74, 6) is 1.11. The number of para-hydroxylation sites is 1. The van der Waals surface area contributed by atoms with E-state index < -0.39 is 0 Å². The van der Waals surface area contributed by atoms with Crippen molar-refractivity contribution >= 4 is 43.5 Å². The zero-order valence-corrected chi connectivity index (χ0v) is 18.8. The molecule has 4 rings (SSSR count). The molecule has 0 bridgehead atoms. The molecule has 6 nitrogen and oxygen atoms in total. The highest BCUT2D eigenvalue weighted by atomic mass is 79.9. The third-order valence-electron chi connectivity index (χ3n) is 4.92. The van der Waals surface area contributed by atoms with Crippen LogP contribution in [0.3, 0.4) is 0 Å². The van der Waals surface area contributed by atoms with E-state index in [0.717, 1.165) is 39.6 Å². The van der Waals surface area contributed by atoms with Crippen LogP contribution in [0.5, 0.6) is 0 Å². The van der Waals surface area contributed by atoms with E-state index in [4.69, 9.17) is 4.52 Å². The van der Waals surface area contributed by atoms with Gasteiger partial charge < -0.3 is 9.84 Å². The maximum absolute atomic E-state index is 12.7. The maximum atomic E-state index is 12.7. The van der Waals surface area contributed by atoms with Crippen molar-refractivity contribution in [1.29, 1.82) is 0 Å². The van der Waals surface area contributed by atoms with E-state index in [1.807, 2.05) is 48.5 Å². The number of piperidine rings is 1. The lowest BCUT2D eigenvalue weighted by Gasteiger charge is -2.30. The van der Waals surface area contributed by atoms with Gasteiger partial charge in [-0.15, -0.1) is 0 Å². The number of carbonyl (C=O) groups is 1. The van der Waals surface area contributed by atoms with E-state index in [1.165, 1.54) is 0 Å². The number of amides is 1. The van der Waals surface area contributed by atoms with Gasteiger partial charge in [0, 0.05) is 21.1 Å². The average Bonchev–Trinajstić information content (AvgIpc) is 3.18. The third-order valence-corrected chi connectivity index (χ3v) is 6.10. The standard InChI is InChI=1S/C21H20Br2N4O2/c22-16-7-3-5-14(11-16)20-25-19(29-26-20)13-27-10-4-6-15(12-27)21(28)24-18-9-2-1-8-17(18)23/h1-3,5,7-9,11,15H,4,6,10,12-13H2,(H,24,28). The summed E-state index contributed by atoms with van der Waals surface area (Å²) in [4.78, 5) is 19.4. The number of hydrogen-bond acceptors (Lipinski definition) is 5. The molecule has 2 aromatic carbocycles. The molecular weight excluding hydrogens is 500 g/mol. The van der Waals surface area contributed by atoms with Crippen LogP contribution in [0, 0.1) is 5.92 Å². The summed E-state index contributed by atoms with van der Waals surface area (Å²) < 4.78 is 7.29. The van der Waals surface area contributed by atoms with E-state index in [2.05, 4.69) is 52.2 Å². The highest BCUT2D eigenvalue weighted by Gasteiger charge is 2.27. The second-order valence-electron chi connectivity index (χ2n) is 7.07. The number of benzene rings is 2. The molecule has 1 saturated heterocycles. The molecule has 1 atom stereocenters. The highest BCUT2D eigenvalue weighted by molar-refractivity contribution is 9.10. The van der Waals surface area contributed by atoms with Gasteiger partial charge in [0.2, 0.25) is 17.6 Å². The molecule has 1 aromatic heterocycles. The monoisotopic (exact) mass is 518 g/mol. The van der Waals surface area contributed by atoms with Crippen LogP contribution in [0.4, 0.5) is 5.69 Å². The molecule has 0 saturated carbocycles. The van der Waals surface area contributed by atoms with Gasteiger partial charge in [-0.25, -0.2) is 0 Å². The Morgan fingerprint density at radius 2 is 2.07 bits per heavy atom. The average molecular weight is 520 g/mol. The Kier molecular flexibility index (Phi) is 6.42. The number of carbonyl (C=O) groups excluding carboxylic acids is 1. The lowest BCUT2D eigenvalue weighted by atomic mass is 9.97. The molecular formula is C21H20Br2N4O2. The quantitative estimate of drug-likeness (QED) is 0.507. The number of nitrogens with zero attached hydrogens (tertiary/aromatic N) is 3. The molecule has 1 unspecified atom stereocenters. The summed E-state index contributed by atoms with van der Waals surface area (Å²) >= 11 is 6.93. The molecule has 8 heteroatoms. The fourth-order valence-electron chi connectivity index (χ4n) is 3.47. The number of rotatable bonds is 5. The van der Waals surface area contributed by atoms with Crippen LogP contribution in [0.15, 0.2) is 62.0 Å².